The number of carbonyl (C=O) groups is 2. The number of pyridine rings is 1. The van der Waals surface area contributed by atoms with Gasteiger partial charge in [0.2, 0.25) is 5.91 Å². The minimum atomic E-state index is -0.221. The van der Waals surface area contributed by atoms with Gasteiger partial charge in [0.25, 0.3) is 0 Å². The summed E-state index contributed by atoms with van der Waals surface area (Å²) >= 11 is 0. The summed E-state index contributed by atoms with van der Waals surface area (Å²) in [4.78, 5) is 29.7. The Morgan fingerprint density at radius 2 is 2.09 bits per heavy atom. The molecule has 0 atom stereocenters. The summed E-state index contributed by atoms with van der Waals surface area (Å²) in [7, 11) is 2.89. The lowest BCUT2D eigenvalue weighted by Gasteiger charge is -2.32. The number of amides is 1. The van der Waals surface area contributed by atoms with Gasteiger partial charge >= 0.3 is 5.97 Å². The zero-order chi connectivity index (χ0) is 15.9. The minimum absolute atomic E-state index is 0.00124. The summed E-state index contributed by atoms with van der Waals surface area (Å²) in [6.07, 6.45) is 3.12. The number of anilines is 2. The zero-order valence-corrected chi connectivity index (χ0v) is 12.9. The number of hydrogen-bond donors (Lipinski definition) is 1. The van der Waals surface area contributed by atoms with Gasteiger partial charge in [-0.3, -0.25) is 9.59 Å². The first-order valence-electron chi connectivity index (χ1n) is 7.22. The number of piperidine rings is 1. The number of esters is 1. The second-order valence-corrected chi connectivity index (χ2v) is 5.14. The Kier molecular flexibility index (Phi) is 5.71. The quantitative estimate of drug-likeness (QED) is 0.819. The van der Waals surface area contributed by atoms with E-state index in [-0.39, 0.29) is 24.4 Å². The molecular formula is C15H21N3O4. The summed E-state index contributed by atoms with van der Waals surface area (Å²) in [5.41, 5.74) is 0.654. The second kappa shape index (κ2) is 7.74. The van der Waals surface area contributed by atoms with E-state index in [2.05, 4.69) is 15.2 Å². The van der Waals surface area contributed by atoms with Crippen LogP contribution in [0.25, 0.3) is 0 Å². The SMILES string of the molecule is COCC(=O)Nc1cccnc1N1CCC(C(=O)OC)CC1. The monoisotopic (exact) mass is 307 g/mol. The average Bonchev–Trinajstić information content (AvgIpc) is 2.55. The summed E-state index contributed by atoms with van der Waals surface area (Å²) in [6.45, 7) is 1.40. The predicted molar refractivity (Wildman–Crippen MR) is 81.7 cm³/mol. The second-order valence-electron chi connectivity index (χ2n) is 5.14. The van der Waals surface area contributed by atoms with E-state index in [4.69, 9.17) is 9.47 Å². The topological polar surface area (TPSA) is 80.8 Å². The number of nitrogens with zero attached hydrogens (tertiary/aromatic N) is 2. The lowest BCUT2D eigenvalue weighted by atomic mass is 9.97. The van der Waals surface area contributed by atoms with Crippen molar-refractivity contribution in [3.63, 3.8) is 0 Å². The van der Waals surface area contributed by atoms with E-state index in [9.17, 15) is 9.59 Å². The zero-order valence-electron chi connectivity index (χ0n) is 12.9. The first-order chi connectivity index (χ1) is 10.7. The van der Waals surface area contributed by atoms with Crippen molar-refractivity contribution in [2.24, 2.45) is 5.92 Å². The summed E-state index contributed by atoms with van der Waals surface area (Å²) in [5.74, 6) is 0.280. The molecule has 0 aliphatic carbocycles. The lowest BCUT2D eigenvalue weighted by molar-refractivity contribution is -0.146. The molecule has 1 N–H and O–H groups in total. The maximum Gasteiger partial charge on any atom is 0.308 e. The normalized spacial score (nSPS) is 15.5. The van der Waals surface area contributed by atoms with E-state index in [1.54, 1.807) is 12.3 Å². The summed E-state index contributed by atoms with van der Waals surface area (Å²) < 4.78 is 9.61. The van der Waals surface area contributed by atoms with Crippen LogP contribution in [0.3, 0.4) is 0 Å². The van der Waals surface area contributed by atoms with Crippen LogP contribution in [0.15, 0.2) is 18.3 Å². The summed E-state index contributed by atoms with van der Waals surface area (Å²) in [6, 6.07) is 3.58. The molecule has 1 amide bonds. The number of hydrogen-bond acceptors (Lipinski definition) is 6. The van der Waals surface area contributed by atoms with Crippen molar-refractivity contribution in [3.8, 4) is 0 Å². The van der Waals surface area contributed by atoms with E-state index in [1.807, 2.05) is 6.07 Å². The molecule has 0 bridgehead atoms. The molecule has 1 saturated heterocycles. The number of methoxy groups -OCH3 is 2. The van der Waals surface area contributed by atoms with Crippen LogP contribution in [0, 0.1) is 5.92 Å². The van der Waals surface area contributed by atoms with Crippen LogP contribution in [0.1, 0.15) is 12.8 Å². The number of carbonyl (C=O) groups excluding carboxylic acids is 2. The Balaban J connectivity index is 2.04. The van der Waals surface area contributed by atoms with Gasteiger partial charge in [-0.1, -0.05) is 0 Å². The molecule has 0 radical (unpaired) electrons. The van der Waals surface area contributed by atoms with Gasteiger partial charge in [0.05, 0.1) is 18.7 Å². The Labute approximate surface area is 129 Å². The highest BCUT2D eigenvalue weighted by atomic mass is 16.5. The lowest BCUT2D eigenvalue weighted by Crippen LogP contribution is -2.37. The Morgan fingerprint density at radius 1 is 1.36 bits per heavy atom. The third-order valence-electron chi connectivity index (χ3n) is 3.67. The van der Waals surface area contributed by atoms with Crippen LogP contribution in [0.5, 0.6) is 0 Å². The molecule has 1 aliphatic heterocycles. The Morgan fingerprint density at radius 3 is 2.73 bits per heavy atom. The smallest absolute Gasteiger partial charge is 0.308 e. The van der Waals surface area contributed by atoms with Crippen LogP contribution >= 0.6 is 0 Å². The largest absolute Gasteiger partial charge is 0.469 e. The van der Waals surface area contributed by atoms with Crippen LogP contribution < -0.4 is 10.2 Å². The molecule has 120 valence electrons. The van der Waals surface area contributed by atoms with Crippen molar-refractivity contribution >= 4 is 23.4 Å². The maximum absolute atomic E-state index is 11.7. The van der Waals surface area contributed by atoms with E-state index < -0.39 is 0 Å². The van der Waals surface area contributed by atoms with Gasteiger partial charge < -0.3 is 19.7 Å². The number of aromatic nitrogens is 1. The minimum Gasteiger partial charge on any atom is -0.469 e. The van der Waals surface area contributed by atoms with Crippen molar-refractivity contribution in [1.29, 1.82) is 0 Å². The van der Waals surface area contributed by atoms with Gasteiger partial charge in [0.1, 0.15) is 6.61 Å². The molecule has 1 fully saturated rings. The van der Waals surface area contributed by atoms with Gasteiger partial charge in [0.15, 0.2) is 5.82 Å². The third-order valence-corrected chi connectivity index (χ3v) is 3.67. The first kappa shape index (κ1) is 16.2. The molecule has 2 heterocycles. The maximum atomic E-state index is 11.7. The van der Waals surface area contributed by atoms with Crippen LogP contribution in [-0.2, 0) is 19.1 Å². The molecule has 7 nitrogen and oxygen atoms in total. The average molecular weight is 307 g/mol. The number of rotatable bonds is 5. The molecule has 0 aromatic carbocycles. The van der Waals surface area contributed by atoms with Gasteiger partial charge in [-0.05, 0) is 25.0 Å². The van der Waals surface area contributed by atoms with Gasteiger partial charge in [-0.25, -0.2) is 4.98 Å². The van der Waals surface area contributed by atoms with E-state index in [1.165, 1.54) is 14.2 Å². The van der Waals surface area contributed by atoms with Crippen molar-refractivity contribution < 1.29 is 19.1 Å². The van der Waals surface area contributed by atoms with Gasteiger partial charge in [-0.2, -0.15) is 0 Å². The fourth-order valence-electron chi connectivity index (χ4n) is 2.56. The highest BCUT2D eigenvalue weighted by Crippen LogP contribution is 2.28. The molecule has 0 saturated carbocycles. The molecule has 0 unspecified atom stereocenters. The van der Waals surface area contributed by atoms with Crippen molar-refractivity contribution in [2.45, 2.75) is 12.8 Å². The molecule has 1 aromatic rings. The first-order valence-corrected chi connectivity index (χ1v) is 7.22. The standard InChI is InChI=1S/C15H21N3O4/c1-21-10-13(19)17-12-4-3-7-16-14(12)18-8-5-11(6-9-18)15(20)22-2/h3-4,7,11H,5-6,8-10H2,1-2H3,(H,17,19). The van der Waals surface area contributed by atoms with E-state index >= 15 is 0 Å². The van der Waals surface area contributed by atoms with E-state index in [0.29, 0.717) is 31.6 Å². The van der Waals surface area contributed by atoms with Crippen molar-refractivity contribution in [2.75, 3.05) is 44.1 Å². The molecule has 1 aliphatic rings. The fourth-order valence-corrected chi connectivity index (χ4v) is 2.56. The highest BCUT2D eigenvalue weighted by Gasteiger charge is 2.27. The van der Waals surface area contributed by atoms with Crippen molar-refractivity contribution in [3.05, 3.63) is 18.3 Å². The molecule has 22 heavy (non-hydrogen) atoms. The Bertz CT molecular complexity index is 527. The van der Waals surface area contributed by atoms with Crippen molar-refractivity contribution in [1.82, 2.24) is 4.98 Å². The van der Waals surface area contributed by atoms with Gasteiger partial charge in [-0.15, -0.1) is 0 Å². The predicted octanol–water partition coefficient (Wildman–Crippen LogP) is 1.06. The number of ether oxygens (including phenoxy) is 2. The molecule has 2 rings (SSSR count). The van der Waals surface area contributed by atoms with Crippen LogP contribution in [0.2, 0.25) is 0 Å². The number of nitrogens with one attached hydrogen (secondary N) is 1. The molecule has 1 aromatic heterocycles. The van der Waals surface area contributed by atoms with Crippen LogP contribution in [-0.4, -0.2) is 50.8 Å². The summed E-state index contributed by atoms with van der Waals surface area (Å²) in [5, 5.41) is 2.79. The molecule has 0 spiro atoms. The Hall–Kier alpha value is -2.15. The molecular weight excluding hydrogens is 286 g/mol. The van der Waals surface area contributed by atoms with Crippen LogP contribution in [0.4, 0.5) is 11.5 Å². The molecule has 7 heteroatoms. The van der Waals surface area contributed by atoms with Gasteiger partial charge in [0, 0.05) is 26.4 Å². The third kappa shape index (κ3) is 3.94. The fraction of sp³-hybridized carbons (Fsp3) is 0.533. The highest BCUT2D eigenvalue weighted by molar-refractivity contribution is 5.94. The van der Waals surface area contributed by atoms with E-state index in [0.717, 1.165) is 5.82 Å².